The van der Waals surface area contributed by atoms with Gasteiger partial charge in [-0.15, -0.1) is 24.0 Å². The van der Waals surface area contributed by atoms with Crippen LogP contribution in [-0.2, 0) is 20.1 Å². The Bertz CT molecular complexity index is 624. The first-order chi connectivity index (χ1) is 10.6. The zero-order valence-electron chi connectivity index (χ0n) is 13.1. The van der Waals surface area contributed by atoms with Crippen molar-refractivity contribution in [3.63, 3.8) is 0 Å². The maximum Gasteiger partial charge on any atom is 0.191 e. The molecule has 0 saturated heterocycles. The summed E-state index contributed by atoms with van der Waals surface area (Å²) in [5, 5.41) is 7.62. The first kappa shape index (κ1) is 20.1. The van der Waals surface area contributed by atoms with Gasteiger partial charge in [0.15, 0.2) is 5.96 Å². The van der Waals surface area contributed by atoms with Crippen molar-refractivity contribution in [2.45, 2.75) is 19.5 Å². The Labute approximate surface area is 163 Å². The number of aryl methyl sites for hydroxylation is 1. The highest BCUT2D eigenvalue weighted by Gasteiger charge is 2.09. The van der Waals surface area contributed by atoms with Gasteiger partial charge in [0.1, 0.15) is 5.15 Å². The molecular formula is C14H21Cl2IN6. The molecule has 0 spiro atoms. The number of halogens is 3. The molecule has 2 aromatic heterocycles. The largest absolute Gasteiger partial charge is 0.356 e. The lowest BCUT2D eigenvalue weighted by atomic mass is 10.4. The van der Waals surface area contributed by atoms with Crippen molar-refractivity contribution in [1.82, 2.24) is 24.8 Å². The molecule has 0 aliphatic heterocycles. The molecule has 6 nitrogen and oxygen atoms in total. The molecule has 2 heterocycles. The number of aromatic nitrogens is 3. The van der Waals surface area contributed by atoms with E-state index in [2.05, 4.69) is 20.6 Å². The quantitative estimate of drug-likeness (QED) is 0.295. The Hall–Kier alpha value is -0.930. The first-order valence-electron chi connectivity index (χ1n) is 7.01. The standard InChI is InChI=1S/C14H20Cl2N6.HI/c1-17-14(19-4-3-6-22-7-5-18-10-22)20-9-11-8-12(15)13(16)21(11)2;/h5,7-8,10H,3-4,6,9H2,1-2H3,(H2,17,19,20);1H. The monoisotopic (exact) mass is 470 g/mol. The second kappa shape index (κ2) is 10.0. The topological polar surface area (TPSA) is 59.2 Å². The van der Waals surface area contributed by atoms with Gasteiger partial charge < -0.3 is 19.8 Å². The minimum Gasteiger partial charge on any atom is -0.356 e. The Kier molecular flexibility index (Phi) is 8.78. The van der Waals surface area contributed by atoms with Crippen LogP contribution in [-0.4, -0.2) is 33.7 Å². The van der Waals surface area contributed by atoms with Crippen molar-refractivity contribution in [1.29, 1.82) is 0 Å². The van der Waals surface area contributed by atoms with Gasteiger partial charge >= 0.3 is 0 Å². The summed E-state index contributed by atoms with van der Waals surface area (Å²) in [4.78, 5) is 8.21. The van der Waals surface area contributed by atoms with Crippen molar-refractivity contribution in [3.8, 4) is 0 Å². The average Bonchev–Trinajstić information content (AvgIpc) is 3.11. The number of nitrogens with zero attached hydrogens (tertiary/aromatic N) is 4. The molecule has 0 aliphatic rings. The molecule has 0 amide bonds. The molecule has 0 bridgehead atoms. The minimum atomic E-state index is 0. The summed E-state index contributed by atoms with van der Waals surface area (Å²) in [6, 6.07) is 1.85. The molecule has 2 rings (SSSR count). The van der Waals surface area contributed by atoms with Crippen LogP contribution in [0.4, 0.5) is 0 Å². The Morgan fingerprint density at radius 2 is 2.13 bits per heavy atom. The molecule has 128 valence electrons. The van der Waals surface area contributed by atoms with Gasteiger partial charge in [-0.2, -0.15) is 0 Å². The summed E-state index contributed by atoms with van der Waals surface area (Å²) >= 11 is 12.1. The van der Waals surface area contributed by atoms with Gasteiger partial charge in [0.05, 0.1) is 17.9 Å². The van der Waals surface area contributed by atoms with Gasteiger partial charge in [-0.25, -0.2) is 4.98 Å². The van der Waals surface area contributed by atoms with Crippen LogP contribution >= 0.6 is 47.2 Å². The van der Waals surface area contributed by atoms with Gasteiger partial charge in [-0.3, -0.25) is 4.99 Å². The van der Waals surface area contributed by atoms with E-state index in [4.69, 9.17) is 23.2 Å². The smallest absolute Gasteiger partial charge is 0.191 e. The predicted octanol–water partition coefficient (Wildman–Crippen LogP) is 2.90. The van der Waals surface area contributed by atoms with Crippen molar-refractivity contribution in [3.05, 3.63) is 40.7 Å². The fourth-order valence-electron chi connectivity index (χ4n) is 2.04. The fourth-order valence-corrected chi connectivity index (χ4v) is 2.46. The van der Waals surface area contributed by atoms with Gasteiger partial charge in [0.25, 0.3) is 0 Å². The number of aliphatic imine (C=N–C) groups is 1. The van der Waals surface area contributed by atoms with E-state index in [-0.39, 0.29) is 24.0 Å². The van der Waals surface area contributed by atoms with Crippen LogP contribution in [0.1, 0.15) is 12.1 Å². The number of rotatable bonds is 6. The van der Waals surface area contributed by atoms with Crippen LogP contribution in [0.15, 0.2) is 29.8 Å². The third kappa shape index (κ3) is 5.89. The first-order valence-corrected chi connectivity index (χ1v) is 7.77. The van der Waals surface area contributed by atoms with Crippen LogP contribution < -0.4 is 10.6 Å². The fraction of sp³-hybridized carbons (Fsp3) is 0.429. The van der Waals surface area contributed by atoms with Crippen LogP contribution in [0.25, 0.3) is 0 Å². The highest BCUT2D eigenvalue weighted by Crippen LogP contribution is 2.24. The normalized spacial score (nSPS) is 11.2. The van der Waals surface area contributed by atoms with E-state index in [1.165, 1.54) is 0 Å². The molecular weight excluding hydrogens is 450 g/mol. The highest BCUT2D eigenvalue weighted by molar-refractivity contribution is 14.0. The zero-order chi connectivity index (χ0) is 15.9. The molecule has 23 heavy (non-hydrogen) atoms. The van der Waals surface area contributed by atoms with E-state index in [1.807, 2.05) is 34.8 Å². The zero-order valence-corrected chi connectivity index (χ0v) is 16.9. The molecule has 0 saturated carbocycles. The van der Waals surface area contributed by atoms with Crippen molar-refractivity contribution < 1.29 is 0 Å². The summed E-state index contributed by atoms with van der Waals surface area (Å²) in [5.74, 6) is 0.749. The lowest BCUT2D eigenvalue weighted by Crippen LogP contribution is -2.37. The maximum atomic E-state index is 6.05. The van der Waals surface area contributed by atoms with Crippen LogP contribution in [0.5, 0.6) is 0 Å². The van der Waals surface area contributed by atoms with Crippen LogP contribution in [0.3, 0.4) is 0 Å². The number of hydrogen-bond donors (Lipinski definition) is 2. The summed E-state index contributed by atoms with van der Waals surface area (Å²) < 4.78 is 3.90. The molecule has 0 aliphatic carbocycles. The van der Waals surface area contributed by atoms with Crippen molar-refractivity contribution in [2.75, 3.05) is 13.6 Å². The van der Waals surface area contributed by atoms with Gasteiger partial charge in [0.2, 0.25) is 0 Å². The third-order valence-electron chi connectivity index (χ3n) is 3.32. The highest BCUT2D eigenvalue weighted by atomic mass is 127. The second-order valence-corrected chi connectivity index (χ2v) is 5.61. The van der Waals surface area contributed by atoms with E-state index in [0.29, 0.717) is 16.7 Å². The molecule has 0 aromatic carbocycles. The lowest BCUT2D eigenvalue weighted by molar-refractivity contribution is 0.623. The van der Waals surface area contributed by atoms with Gasteiger partial charge in [-0.1, -0.05) is 23.2 Å². The molecule has 2 aromatic rings. The van der Waals surface area contributed by atoms with E-state index in [1.54, 1.807) is 13.2 Å². The molecule has 0 radical (unpaired) electrons. The molecule has 0 fully saturated rings. The number of guanidine groups is 1. The minimum absolute atomic E-state index is 0. The lowest BCUT2D eigenvalue weighted by Gasteiger charge is -2.12. The molecule has 9 heteroatoms. The maximum absolute atomic E-state index is 6.05. The van der Waals surface area contributed by atoms with Crippen molar-refractivity contribution in [2.24, 2.45) is 12.0 Å². The van der Waals surface area contributed by atoms with Crippen LogP contribution in [0.2, 0.25) is 10.2 Å². The molecule has 2 N–H and O–H groups in total. The second-order valence-electron chi connectivity index (χ2n) is 4.84. The summed E-state index contributed by atoms with van der Waals surface area (Å²) in [7, 11) is 3.63. The predicted molar refractivity (Wildman–Crippen MR) is 106 cm³/mol. The van der Waals surface area contributed by atoms with E-state index >= 15 is 0 Å². The van der Waals surface area contributed by atoms with Crippen molar-refractivity contribution >= 4 is 53.1 Å². The third-order valence-corrected chi connectivity index (χ3v) is 4.16. The number of imidazole rings is 1. The molecule has 0 atom stereocenters. The summed E-state index contributed by atoms with van der Waals surface area (Å²) in [5.41, 5.74) is 0.997. The Morgan fingerprint density at radius 3 is 2.70 bits per heavy atom. The van der Waals surface area contributed by atoms with E-state index in [0.717, 1.165) is 31.2 Å². The number of hydrogen-bond acceptors (Lipinski definition) is 2. The Morgan fingerprint density at radius 1 is 1.35 bits per heavy atom. The van der Waals surface area contributed by atoms with Gasteiger partial charge in [-0.05, 0) is 12.5 Å². The summed E-state index contributed by atoms with van der Waals surface area (Å²) in [6.07, 6.45) is 6.54. The van der Waals surface area contributed by atoms with Gasteiger partial charge in [0, 0.05) is 45.3 Å². The number of nitrogens with one attached hydrogen (secondary N) is 2. The SMILES string of the molecule is CN=C(NCCCn1ccnc1)NCc1cc(Cl)c(Cl)n1C.I. The average molecular weight is 471 g/mol. The van der Waals surface area contributed by atoms with E-state index < -0.39 is 0 Å². The molecule has 0 unspecified atom stereocenters. The van der Waals surface area contributed by atoms with Crippen LogP contribution in [0, 0.1) is 0 Å². The Balaban J connectivity index is 0.00000264. The summed E-state index contributed by atoms with van der Waals surface area (Å²) in [6.45, 7) is 2.35. The van der Waals surface area contributed by atoms with E-state index in [9.17, 15) is 0 Å².